The van der Waals surface area contributed by atoms with Crippen LogP contribution in [0.5, 0.6) is 0 Å². The van der Waals surface area contributed by atoms with E-state index in [1.807, 2.05) is 45.0 Å². The third-order valence-electron chi connectivity index (χ3n) is 2.24. The van der Waals surface area contributed by atoms with Gasteiger partial charge in [0.25, 0.3) is 0 Å². The minimum absolute atomic E-state index is 0.0806. The molecule has 0 saturated heterocycles. The number of hydrogen-bond donors (Lipinski definition) is 0. The molecule has 92 valence electrons. The molecule has 0 saturated carbocycles. The Hall–Kier alpha value is -0.870. The van der Waals surface area contributed by atoms with Crippen LogP contribution in [0.3, 0.4) is 0 Å². The zero-order valence-electron chi connectivity index (χ0n) is 10.2. The average Bonchev–Trinajstić information content (AvgIpc) is 2.29. The van der Waals surface area contributed by atoms with Crippen LogP contribution in [-0.4, -0.2) is 22.0 Å². The fourth-order valence-electron chi connectivity index (χ4n) is 1.30. The van der Waals surface area contributed by atoms with Crippen molar-refractivity contribution < 1.29 is 9.53 Å². The minimum atomic E-state index is -0.211. The van der Waals surface area contributed by atoms with Crippen molar-refractivity contribution in [2.24, 2.45) is 0 Å². The van der Waals surface area contributed by atoms with E-state index in [0.717, 1.165) is 11.1 Å². The lowest BCUT2D eigenvalue weighted by molar-refractivity contribution is 0.0994. The zero-order chi connectivity index (χ0) is 12.8. The molecule has 0 fully saturated rings. The molecule has 0 amide bonds. The highest BCUT2D eigenvalue weighted by molar-refractivity contribution is 8.23. The highest BCUT2D eigenvalue weighted by atomic mass is 32.2. The second-order valence-electron chi connectivity index (χ2n) is 3.67. The molecule has 1 atom stereocenters. The van der Waals surface area contributed by atoms with Gasteiger partial charge in [0.2, 0.25) is 4.38 Å². The second-order valence-corrected chi connectivity index (χ2v) is 5.62. The van der Waals surface area contributed by atoms with Crippen LogP contribution in [0.1, 0.15) is 29.8 Å². The number of Topliss-reactive ketones (excluding diaryl/α,β-unsaturated/α-hetero) is 1. The quantitative estimate of drug-likeness (QED) is 0.615. The summed E-state index contributed by atoms with van der Waals surface area (Å²) in [5.41, 5.74) is 1.86. The molecular weight excluding hydrogens is 252 g/mol. The van der Waals surface area contributed by atoms with Crippen molar-refractivity contribution in [2.45, 2.75) is 26.0 Å². The summed E-state index contributed by atoms with van der Waals surface area (Å²) >= 11 is 6.30. The van der Waals surface area contributed by atoms with Gasteiger partial charge in [0, 0.05) is 5.56 Å². The molecule has 0 bridgehead atoms. The Bertz CT molecular complexity index is 398. The summed E-state index contributed by atoms with van der Waals surface area (Å²) in [5, 5.41) is -0.211. The van der Waals surface area contributed by atoms with Gasteiger partial charge in [0.15, 0.2) is 5.78 Å². The number of ether oxygens (including phenoxy) is 1. The van der Waals surface area contributed by atoms with Gasteiger partial charge in [0.05, 0.1) is 11.9 Å². The number of aryl methyl sites for hydroxylation is 1. The molecule has 1 aromatic rings. The number of hydrogen-bond acceptors (Lipinski definition) is 4. The van der Waals surface area contributed by atoms with Crippen molar-refractivity contribution in [3.63, 3.8) is 0 Å². The molecule has 2 nitrogen and oxygen atoms in total. The summed E-state index contributed by atoms with van der Waals surface area (Å²) in [6, 6.07) is 7.56. The van der Waals surface area contributed by atoms with Crippen molar-refractivity contribution in [1.29, 1.82) is 0 Å². The molecule has 0 spiro atoms. The average molecular weight is 268 g/mol. The molecule has 0 aliphatic rings. The van der Waals surface area contributed by atoms with Crippen LogP contribution in [0.15, 0.2) is 24.3 Å². The number of carbonyl (C=O) groups excluding carboxylic acids is 1. The maximum Gasteiger partial charge on any atom is 0.220 e. The summed E-state index contributed by atoms with van der Waals surface area (Å²) in [6.07, 6.45) is 0. The van der Waals surface area contributed by atoms with Gasteiger partial charge in [-0.2, -0.15) is 0 Å². The molecule has 0 aliphatic carbocycles. The standard InChI is InChI=1S/C13H16O2S2/c1-4-15-13(16)17-10(3)12(14)11-7-5-9(2)6-8-11/h5-8,10H,4H2,1-3H3/t10-/m0/s1. The van der Waals surface area contributed by atoms with Crippen molar-refractivity contribution in [3.05, 3.63) is 35.4 Å². The van der Waals surface area contributed by atoms with Gasteiger partial charge in [-0.05, 0) is 33.0 Å². The lowest BCUT2D eigenvalue weighted by Gasteiger charge is -2.11. The van der Waals surface area contributed by atoms with Gasteiger partial charge in [-0.1, -0.05) is 41.6 Å². The molecule has 0 N–H and O–H groups in total. The number of benzene rings is 1. The van der Waals surface area contributed by atoms with Gasteiger partial charge in [-0.3, -0.25) is 4.79 Å². The first-order chi connectivity index (χ1) is 8.04. The fraction of sp³-hybridized carbons (Fsp3) is 0.385. The zero-order valence-corrected chi connectivity index (χ0v) is 11.9. The van der Waals surface area contributed by atoms with Crippen LogP contribution >= 0.6 is 24.0 Å². The Morgan fingerprint density at radius 1 is 1.41 bits per heavy atom. The number of ketones is 1. The fourth-order valence-corrected chi connectivity index (χ4v) is 2.57. The Labute approximate surface area is 112 Å². The largest absolute Gasteiger partial charge is 0.479 e. The molecule has 0 heterocycles. The van der Waals surface area contributed by atoms with Gasteiger partial charge < -0.3 is 4.74 Å². The molecule has 1 aromatic carbocycles. The van der Waals surface area contributed by atoms with Crippen LogP contribution in [0.4, 0.5) is 0 Å². The van der Waals surface area contributed by atoms with Crippen molar-refractivity contribution in [1.82, 2.24) is 0 Å². The Morgan fingerprint density at radius 3 is 2.53 bits per heavy atom. The normalized spacial score (nSPS) is 11.9. The number of thioether (sulfide) groups is 1. The van der Waals surface area contributed by atoms with Crippen LogP contribution in [0.2, 0.25) is 0 Å². The van der Waals surface area contributed by atoms with Crippen LogP contribution < -0.4 is 0 Å². The van der Waals surface area contributed by atoms with E-state index >= 15 is 0 Å². The van der Waals surface area contributed by atoms with E-state index in [0.29, 0.717) is 11.0 Å². The summed E-state index contributed by atoms with van der Waals surface area (Å²) in [4.78, 5) is 12.1. The summed E-state index contributed by atoms with van der Waals surface area (Å²) < 4.78 is 5.59. The molecule has 0 aliphatic heterocycles. The molecule has 4 heteroatoms. The monoisotopic (exact) mass is 268 g/mol. The molecular formula is C13H16O2S2. The maximum absolute atomic E-state index is 12.1. The van der Waals surface area contributed by atoms with E-state index in [2.05, 4.69) is 0 Å². The van der Waals surface area contributed by atoms with Gasteiger partial charge in [-0.15, -0.1) is 0 Å². The van der Waals surface area contributed by atoms with Crippen molar-refractivity contribution >= 4 is 34.1 Å². The third kappa shape index (κ3) is 4.48. The van der Waals surface area contributed by atoms with Crippen molar-refractivity contribution in [2.75, 3.05) is 6.61 Å². The number of thiocarbonyl (C=S) groups is 1. The molecule has 1 rings (SSSR count). The van der Waals surface area contributed by atoms with E-state index in [4.69, 9.17) is 17.0 Å². The molecule has 0 aromatic heterocycles. The topological polar surface area (TPSA) is 26.3 Å². The Balaban J connectivity index is 2.63. The maximum atomic E-state index is 12.1. The van der Waals surface area contributed by atoms with Crippen LogP contribution in [0, 0.1) is 6.92 Å². The first-order valence-corrected chi connectivity index (χ1v) is 6.77. The van der Waals surface area contributed by atoms with Gasteiger partial charge >= 0.3 is 0 Å². The summed E-state index contributed by atoms with van der Waals surface area (Å²) in [5.74, 6) is 0.0806. The lowest BCUT2D eigenvalue weighted by atomic mass is 10.1. The summed E-state index contributed by atoms with van der Waals surface area (Å²) in [6.45, 7) is 6.26. The SMILES string of the molecule is CCOC(=S)S[C@@H](C)C(=O)c1ccc(C)cc1. The predicted molar refractivity (Wildman–Crippen MR) is 76.8 cm³/mol. The Kier molecular flexibility index (Phi) is 5.65. The molecule has 17 heavy (non-hydrogen) atoms. The Morgan fingerprint density at radius 2 is 2.00 bits per heavy atom. The van der Waals surface area contributed by atoms with E-state index in [-0.39, 0.29) is 11.0 Å². The first-order valence-electron chi connectivity index (χ1n) is 5.49. The third-order valence-corrected chi connectivity index (χ3v) is 3.52. The van der Waals surface area contributed by atoms with E-state index in [9.17, 15) is 4.79 Å². The smallest absolute Gasteiger partial charge is 0.220 e. The highest BCUT2D eigenvalue weighted by Crippen LogP contribution is 2.19. The predicted octanol–water partition coefficient (Wildman–Crippen LogP) is 3.62. The van der Waals surface area contributed by atoms with E-state index < -0.39 is 0 Å². The van der Waals surface area contributed by atoms with Gasteiger partial charge in [-0.25, -0.2) is 0 Å². The first kappa shape index (κ1) is 14.2. The lowest BCUT2D eigenvalue weighted by Crippen LogP contribution is -2.16. The minimum Gasteiger partial charge on any atom is -0.479 e. The highest BCUT2D eigenvalue weighted by Gasteiger charge is 2.17. The second kappa shape index (κ2) is 6.77. The summed E-state index contributed by atoms with van der Waals surface area (Å²) in [7, 11) is 0. The van der Waals surface area contributed by atoms with Crippen molar-refractivity contribution in [3.8, 4) is 0 Å². The van der Waals surface area contributed by atoms with Gasteiger partial charge in [0.1, 0.15) is 0 Å². The number of carbonyl (C=O) groups is 1. The van der Waals surface area contributed by atoms with Crippen LogP contribution in [0.25, 0.3) is 0 Å². The van der Waals surface area contributed by atoms with Crippen LogP contribution in [-0.2, 0) is 4.74 Å². The number of rotatable bonds is 4. The van der Waals surface area contributed by atoms with E-state index in [1.165, 1.54) is 11.8 Å². The molecule has 0 unspecified atom stereocenters. The molecule has 0 radical (unpaired) electrons. The van der Waals surface area contributed by atoms with E-state index in [1.54, 1.807) is 0 Å².